The van der Waals surface area contributed by atoms with Gasteiger partial charge in [-0.2, -0.15) is 0 Å². The van der Waals surface area contributed by atoms with Gasteiger partial charge in [-0.3, -0.25) is 28.2 Å². The van der Waals surface area contributed by atoms with E-state index in [9.17, 15) is 68.8 Å². The monoisotopic (exact) mass is 764 g/mol. The number of hydrogen-bond donors (Lipinski definition) is 8. The number of aldehydes is 1. The largest absolute Gasteiger partial charge is 1.00 e. The van der Waals surface area contributed by atoms with Crippen LogP contribution < -0.4 is 80.2 Å². The van der Waals surface area contributed by atoms with Crippen LogP contribution in [0.1, 0.15) is 22.3 Å². The Morgan fingerprint density at radius 2 is 1.69 bits per heavy atom. The van der Waals surface area contributed by atoms with Gasteiger partial charge >= 0.3 is 72.6 Å². The quantitative estimate of drug-likeness (QED) is 0.0406. The first-order chi connectivity index (χ1) is 21.5. The van der Waals surface area contributed by atoms with Crippen LogP contribution >= 0.6 is 27.0 Å². The van der Waals surface area contributed by atoms with Gasteiger partial charge in [0.2, 0.25) is 0 Å². The number of aliphatic hydroxyl groups excluding tert-OH is 6. The van der Waals surface area contributed by atoms with Crippen LogP contribution in [-0.4, -0.2) is 120 Å². The van der Waals surface area contributed by atoms with Gasteiger partial charge in [0.05, 0.1) is 37.6 Å². The molecule has 258 valence electrons. The van der Waals surface area contributed by atoms with Crippen molar-refractivity contribution in [2.75, 3.05) is 13.2 Å². The van der Waals surface area contributed by atoms with Crippen LogP contribution in [-0.2, 0) is 32.2 Å². The number of thiophene rings is 1. The Balaban J connectivity index is 0.00000400. The summed E-state index contributed by atoms with van der Waals surface area (Å²) in [4.78, 5) is 71.3. The fourth-order valence-corrected chi connectivity index (χ4v) is 6.88. The summed E-state index contributed by atoms with van der Waals surface area (Å²) in [5, 5.41) is 60.2. The van der Waals surface area contributed by atoms with Crippen LogP contribution in [0.25, 0.3) is 10.4 Å². The molecule has 0 radical (unpaired) electrons. The molecule has 2 unspecified atom stereocenters. The number of nitrogens with zero attached hydrogens (tertiary/aromatic N) is 1. The van der Waals surface area contributed by atoms with Crippen LogP contribution in [0.3, 0.4) is 0 Å². The average Bonchev–Trinajstić information content (AvgIpc) is 3.57. The smallest absolute Gasteiger partial charge is 0.790 e. The summed E-state index contributed by atoms with van der Waals surface area (Å²) in [6, 6.07) is 2.72. The fraction of sp³-hybridized carbons (Fsp3) is 0.591. The SMILES string of the molecule is O=Cc1ccc(-c2cn([C@@H]3O[C@H](C(O)OP(=O)([O-])[O-])[C@@H](O)[C@H]3OP(=O)(O)OCC[C@H]3O[C@H](CO)[C@H](O)[C@H](O)[C@H]3O)c(=O)[nH]c2=O)s1.[Na+].[Na+]. The first-order valence-electron chi connectivity index (χ1n) is 13.1. The van der Waals surface area contributed by atoms with Crippen molar-refractivity contribution in [1.29, 1.82) is 0 Å². The van der Waals surface area contributed by atoms with Crippen molar-refractivity contribution in [2.24, 2.45) is 0 Å². The number of nitrogens with one attached hydrogen (secondary N) is 1. The number of phosphoric acid groups is 2. The minimum absolute atomic E-state index is 0. The second-order valence-corrected chi connectivity index (χ2v) is 13.6. The molecule has 48 heavy (non-hydrogen) atoms. The third-order valence-electron chi connectivity index (χ3n) is 6.92. The number of H-pyrrole nitrogens is 1. The number of ether oxygens (including phenoxy) is 2. The fourth-order valence-electron chi connectivity index (χ4n) is 4.74. The maximum atomic E-state index is 12.9. The molecule has 11 atom stereocenters. The molecule has 26 heteroatoms. The molecule has 2 aromatic heterocycles. The van der Waals surface area contributed by atoms with Crippen molar-refractivity contribution in [3.63, 3.8) is 0 Å². The van der Waals surface area contributed by atoms with Gasteiger partial charge in [-0.15, -0.1) is 11.3 Å². The van der Waals surface area contributed by atoms with E-state index in [1.54, 1.807) is 0 Å². The number of carbonyl (C=O) groups is 1. The second kappa shape index (κ2) is 18.1. The number of aromatic amines is 1. The molecule has 4 heterocycles. The summed E-state index contributed by atoms with van der Waals surface area (Å²) in [5.41, 5.74) is -2.43. The first-order valence-corrected chi connectivity index (χ1v) is 16.8. The van der Waals surface area contributed by atoms with E-state index in [0.29, 0.717) is 10.9 Å². The zero-order chi connectivity index (χ0) is 34.1. The predicted octanol–water partition coefficient (Wildman–Crippen LogP) is -10.8. The molecule has 2 aliphatic heterocycles. The van der Waals surface area contributed by atoms with Crippen LogP contribution in [0, 0.1) is 0 Å². The zero-order valence-electron chi connectivity index (χ0n) is 25.0. The molecule has 0 saturated carbocycles. The molecule has 8 N–H and O–H groups in total. The van der Waals surface area contributed by atoms with Gasteiger partial charge < -0.3 is 63.9 Å². The maximum Gasteiger partial charge on any atom is 1.00 e. The number of aliphatic hydroxyl groups is 6. The molecule has 2 aromatic rings. The number of rotatable bonds is 13. The van der Waals surface area contributed by atoms with E-state index in [0.717, 1.165) is 17.5 Å². The number of phosphoric ester groups is 2. The van der Waals surface area contributed by atoms with Crippen LogP contribution in [0.5, 0.6) is 0 Å². The summed E-state index contributed by atoms with van der Waals surface area (Å²) >= 11 is 0.842. The van der Waals surface area contributed by atoms with Crippen molar-refractivity contribution < 1.29 is 141 Å². The van der Waals surface area contributed by atoms with Crippen molar-refractivity contribution in [3.05, 3.63) is 44.0 Å². The molecule has 21 nitrogen and oxygen atoms in total. The Labute approximate surface area is 317 Å². The Bertz CT molecular complexity index is 1600. The Hall–Kier alpha value is -0.0500. The van der Waals surface area contributed by atoms with Crippen LogP contribution in [0.15, 0.2) is 27.9 Å². The summed E-state index contributed by atoms with van der Waals surface area (Å²) in [6.45, 7) is -1.50. The van der Waals surface area contributed by atoms with E-state index in [1.807, 2.05) is 4.98 Å². The molecular weight excluding hydrogens is 736 g/mol. The van der Waals surface area contributed by atoms with Gasteiger partial charge in [-0.1, -0.05) is 0 Å². The van der Waals surface area contributed by atoms with Gasteiger partial charge in [0, 0.05) is 17.5 Å². The van der Waals surface area contributed by atoms with Gasteiger partial charge in [0.1, 0.15) is 42.7 Å². The second-order valence-electron chi connectivity index (χ2n) is 9.98. The van der Waals surface area contributed by atoms with Crippen molar-refractivity contribution in [1.82, 2.24) is 9.55 Å². The topological polar surface area (TPSA) is 340 Å². The van der Waals surface area contributed by atoms with E-state index in [4.69, 9.17) is 18.5 Å². The van der Waals surface area contributed by atoms with Crippen LogP contribution in [0.2, 0.25) is 0 Å². The first kappa shape index (κ1) is 44.1. The standard InChI is InChI=1S/C22H30N2O19P2S.2Na/c25-6-8-1-2-12(46-8)9-5-24(22(33)23-19(9)31)20-17(16(30)18(41-20)21(32)43-44(34,35)36)42-45(37,38)39-4-3-10-13(27)15(29)14(28)11(7-26)40-10;;/h1-2,5-6,10-11,13-18,20-21,26-30,32H,3-4,7H2,(H,37,38)(H,23,31,33)(H2,34,35,36);;/q;2*+1/p-2/t10-,11-,13+,14+,15-,16+,17-,18+,20-,21?;;/m1../s1. The van der Waals surface area contributed by atoms with Gasteiger partial charge in [0.25, 0.3) is 5.56 Å². The van der Waals surface area contributed by atoms with Gasteiger partial charge in [0.15, 0.2) is 18.8 Å². The van der Waals surface area contributed by atoms with E-state index in [1.165, 1.54) is 12.1 Å². The number of hydrogen-bond acceptors (Lipinski definition) is 19. The molecule has 2 fully saturated rings. The Morgan fingerprint density at radius 1 is 1.04 bits per heavy atom. The summed E-state index contributed by atoms with van der Waals surface area (Å²) in [6.07, 6.45) is -18.3. The summed E-state index contributed by atoms with van der Waals surface area (Å²) in [5.74, 6) is 0. The average molecular weight is 764 g/mol. The number of aromatic nitrogens is 2. The van der Waals surface area contributed by atoms with Crippen molar-refractivity contribution in [2.45, 2.75) is 67.8 Å². The molecule has 2 saturated heterocycles. The normalized spacial score (nSPS) is 30.9. The molecule has 4 rings (SSSR count). The van der Waals surface area contributed by atoms with Gasteiger partial charge in [-0.05, 0) is 12.1 Å². The molecule has 0 amide bonds. The molecule has 0 bridgehead atoms. The third-order valence-corrected chi connectivity index (χ3v) is 9.46. The zero-order valence-corrected chi connectivity index (χ0v) is 31.6. The van der Waals surface area contributed by atoms with E-state index in [-0.39, 0.29) is 74.4 Å². The molecule has 0 spiro atoms. The Morgan fingerprint density at radius 3 is 2.27 bits per heavy atom. The van der Waals surface area contributed by atoms with Crippen LogP contribution in [0.4, 0.5) is 0 Å². The molecular formula is C22H28N2Na2O19P2S. The summed E-state index contributed by atoms with van der Waals surface area (Å²) < 4.78 is 48.9. The molecule has 0 aromatic carbocycles. The third kappa shape index (κ3) is 10.5. The predicted molar refractivity (Wildman–Crippen MR) is 144 cm³/mol. The van der Waals surface area contributed by atoms with Crippen molar-refractivity contribution >= 4 is 33.3 Å². The number of carbonyl (C=O) groups excluding carboxylic acids is 1. The minimum Gasteiger partial charge on any atom is -0.790 e. The maximum absolute atomic E-state index is 12.9. The minimum atomic E-state index is -5.90. The summed E-state index contributed by atoms with van der Waals surface area (Å²) in [7, 11) is -11.2. The van der Waals surface area contributed by atoms with E-state index in [2.05, 4.69) is 4.52 Å². The van der Waals surface area contributed by atoms with Crippen molar-refractivity contribution in [3.8, 4) is 10.4 Å². The Kier molecular flexibility index (Phi) is 16.7. The van der Waals surface area contributed by atoms with E-state index >= 15 is 0 Å². The molecule has 0 aliphatic carbocycles. The molecule has 2 aliphatic rings. The van der Waals surface area contributed by atoms with E-state index < -0.39 is 108 Å². The van der Waals surface area contributed by atoms with Gasteiger partial charge in [-0.25, -0.2) is 9.36 Å².